The van der Waals surface area contributed by atoms with Crippen LogP contribution in [-0.4, -0.2) is 37.8 Å². The number of aromatic nitrogens is 4. The smallest absolute Gasteiger partial charge is 0.306 e. The van der Waals surface area contributed by atoms with Gasteiger partial charge in [-0.1, -0.05) is 12.1 Å². The zero-order valence-corrected chi connectivity index (χ0v) is 8.67. The second kappa shape index (κ2) is 5.40. The van der Waals surface area contributed by atoms with Gasteiger partial charge in [0.2, 0.25) is 5.82 Å². The number of nitrogens with one attached hydrogen (secondary N) is 1. The Morgan fingerprint density at radius 1 is 1.67 bits per heavy atom. The Labute approximate surface area is 86.8 Å². The fraction of sp³-hybridized carbons (Fsp3) is 0.750. The Morgan fingerprint density at radius 3 is 2.87 bits per heavy atom. The Morgan fingerprint density at radius 2 is 2.40 bits per heavy atom. The number of H-pyrrole nitrogens is 1. The summed E-state index contributed by atoms with van der Waals surface area (Å²) in [6.07, 6.45) is -0.0401. The van der Waals surface area contributed by atoms with Crippen molar-refractivity contribution in [2.75, 3.05) is 0 Å². The highest BCUT2D eigenvalue weighted by atomic mass is 16.5. The SMILES string of the molecule is CCC(C)OC(CC(=O)O)c1nn[nH]n1. The summed E-state index contributed by atoms with van der Waals surface area (Å²) in [5, 5.41) is 21.8. The summed E-state index contributed by atoms with van der Waals surface area (Å²) < 4.78 is 5.49. The molecule has 0 saturated carbocycles. The van der Waals surface area contributed by atoms with Crippen molar-refractivity contribution >= 4 is 5.97 Å². The van der Waals surface area contributed by atoms with E-state index in [-0.39, 0.29) is 18.3 Å². The summed E-state index contributed by atoms with van der Waals surface area (Å²) in [6.45, 7) is 3.83. The van der Waals surface area contributed by atoms with Gasteiger partial charge >= 0.3 is 5.97 Å². The van der Waals surface area contributed by atoms with Crippen LogP contribution in [0.15, 0.2) is 0 Å². The molecule has 0 aromatic carbocycles. The van der Waals surface area contributed by atoms with Gasteiger partial charge in [0.05, 0.1) is 12.5 Å². The lowest BCUT2D eigenvalue weighted by Crippen LogP contribution is -2.17. The van der Waals surface area contributed by atoms with Crippen molar-refractivity contribution in [1.29, 1.82) is 0 Å². The molecule has 0 radical (unpaired) electrons. The van der Waals surface area contributed by atoms with Crippen LogP contribution in [0.5, 0.6) is 0 Å². The van der Waals surface area contributed by atoms with E-state index in [0.29, 0.717) is 0 Å². The van der Waals surface area contributed by atoms with Crippen molar-refractivity contribution in [3.8, 4) is 0 Å². The Kier molecular flexibility index (Phi) is 4.17. The standard InChI is InChI=1S/C8H14N4O3/c1-3-5(2)15-6(4-7(13)14)8-9-11-12-10-8/h5-6H,3-4H2,1-2H3,(H,13,14)(H,9,10,11,12). The van der Waals surface area contributed by atoms with Crippen molar-refractivity contribution in [3.63, 3.8) is 0 Å². The molecule has 1 rings (SSSR count). The molecule has 7 nitrogen and oxygen atoms in total. The first-order valence-corrected chi connectivity index (χ1v) is 4.74. The van der Waals surface area contributed by atoms with Crippen LogP contribution in [0.25, 0.3) is 0 Å². The van der Waals surface area contributed by atoms with Crippen LogP contribution in [-0.2, 0) is 9.53 Å². The highest BCUT2D eigenvalue weighted by molar-refractivity contribution is 5.67. The van der Waals surface area contributed by atoms with Crippen molar-refractivity contribution in [1.82, 2.24) is 20.6 Å². The second-order valence-corrected chi connectivity index (χ2v) is 3.21. The predicted octanol–water partition coefficient (Wildman–Crippen LogP) is 0.531. The molecule has 0 aliphatic rings. The molecule has 0 saturated heterocycles. The minimum Gasteiger partial charge on any atom is -0.481 e. The molecule has 0 spiro atoms. The van der Waals surface area contributed by atoms with Crippen molar-refractivity contribution in [2.24, 2.45) is 0 Å². The number of rotatable bonds is 6. The number of tetrazole rings is 1. The summed E-state index contributed by atoms with van der Waals surface area (Å²) in [4.78, 5) is 10.6. The highest BCUT2D eigenvalue weighted by Gasteiger charge is 2.22. The number of aromatic amines is 1. The van der Waals surface area contributed by atoms with E-state index in [9.17, 15) is 4.79 Å². The van der Waals surface area contributed by atoms with Crippen molar-refractivity contribution < 1.29 is 14.6 Å². The molecule has 1 heterocycles. The van der Waals surface area contributed by atoms with Gasteiger partial charge in [0.15, 0.2) is 0 Å². The van der Waals surface area contributed by atoms with Gasteiger partial charge in [-0.15, -0.1) is 10.2 Å². The molecule has 0 amide bonds. The Hall–Kier alpha value is -1.50. The molecule has 0 aliphatic heterocycles. The number of ether oxygens (including phenoxy) is 1. The van der Waals surface area contributed by atoms with Gasteiger partial charge in [-0.3, -0.25) is 4.79 Å². The van der Waals surface area contributed by atoms with Crippen LogP contribution in [0.2, 0.25) is 0 Å². The maximum absolute atomic E-state index is 10.6. The van der Waals surface area contributed by atoms with Gasteiger partial charge in [0.1, 0.15) is 6.10 Å². The molecular weight excluding hydrogens is 200 g/mol. The average Bonchev–Trinajstić information content (AvgIpc) is 2.68. The summed E-state index contributed by atoms with van der Waals surface area (Å²) >= 11 is 0. The molecule has 7 heteroatoms. The highest BCUT2D eigenvalue weighted by Crippen LogP contribution is 2.19. The van der Waals surface area contributed by atoms with E-state index in [2.05, 4.69) is 20.6 Å². The number of carbonyl (C=O) groups is 1. The van der Waals surface area contributed by atoms with Gasteiger partial charge in [0, 0.05) is 0 Å². The molecule has 2 unspecified atom stereocenters. The topological polar surface area (TPSA) is 101 Å². The molecule has 0 fully saturated rings. The van der Waals surface area contributed by atoms with Gasteiger partial charge in [-0.25, -0.2) is 0 Å². The third-order valence-electron chi connectivity index (χ3n) is 1.98. The zero-order valence-electron chi connectivity index (χ0n) is 8.67. The van der Waals surface area contributed by atoms with Crippen LogP contribution in [0.3, 0.4) is 0 Å². The van der Waals surface area contributed by atoms with Gasteiger partial charge < -0.3 is 9.84 Å². The van der Waals surface area contributed by atoms with E-state index < -0.39 is 12.1 Å². The van der Waals surface area contributed by atoms with Crippen molar-refractivity contribution in [3.05, 3.63) is 5.82 Å². The third-order valence-corrected chi connectivity index (χ3v) is 1.98. The lowest BCUT2D eigenvalue weighted by atomic mass is 10.2. The molecule has 84 valence electrons. The summed E-state index contributed by atoms with van der Waals surface area (Å²) in [5.74, 6) is -0.675. The van der Waals surface area contributed by atoms with E-state index in [4.69, 9.17) is 9.84 Å². The molecule has 0 aliphatic carbocycles. The van der Waals surface area contributed by atoms with Crippen molar-refractivity contribution in [2.45, 2.75) is 38.9 Å². The predicted molar refractivity (Wildman–Crippen MR) is 50.0 cm³/mol. The van der Waals surface area contributed by atoms with Crippen LogP contribution in [0.4, 0.5) is 0 Å². The first-order valence-electron chi connectivity index (χ1n) is 4.74. The van der Waals surface area contributed by atoms with Crippen LogP contribution in [0, 0.1) is 0 Å². The maximum atomic E-state index is 10.6. The van der Waals surface area contributed by atoms with Gasteiger partial charge in [0.25, 0.3) is 0 Å². The number of aliphatic carboxylic acids is 1. The number of carboxylic acid groups (broad SMARTS) is 1. The van der Waals surface area contributed by atoms with E-state index in [1.54, 1.807) is 0 Å². The van der Waals surface area contributed by atoms with E-state index in [1.165, 1.54) is 0 Å². The molecule has 1 aromatic rings. The number of hydrogen-bond donors (Lipinski definition) is 2. The van der Waals surface area contributed by atoms with Gasteiger partial charge in [-0.2, -0.15) is 5.21 Å². The lowest BCUT2D eigenvalue weighted by Gasteiger charge is -2.17. The molecule has 0 bridgehead atoms. The Balaban J connectivity index is 2.65. The zero-order chi connectivity index (χ0) is 11.3. The number of hydrogen-bond acceptors (Lipinski definition) is 5. The normalized spacial score (nSPS) is 14.8. The molecule has 2 atom stereocenters. The molecule has 2 N–H and O–H groups in total. The van der Waals surface area contributed by atoms with E-state index in [1.807, 2.05) is 13.8 Å². The molecule has 1 aromatic heterocycles. The van der Waals surface area contributed by atoms with Crippen LogP contribution in [0.1, 0.15) is 38.6 Å². The first kappa shape index (κ1) is 11.6. The third kappa shape index (κ3) is 3.62. The first-order chi connectivity index (χ1) is 7.13. The monoisotopic (exact) mass is 214 g/mol. The van der Waals surface area contributed by atoms with E-state index in [0.717, 1.165) is 6.42 Å². The molecular formula is C8H14N4O3. The molecule has 15 heavy (non-hydrogen) atoms. The lowest BCUT2D eigenvalue weighted by molar-refractivity contribution is -0.141. The minimum atomic E-state index is -0.951. The summed E-state index contributed by atoms with van der Waals surface area (Å²) in [6, 6.07) is 0. The largest absolute Gasteiger partial charge is 0.481 e. The number of nitrogens with zero attached hydrogens (tertiary/aromatic N) is 3. The quantitative estimate of drug-likeness (QED) is 0.716. The minimum absolute atomic E-state index is 0.0344. The fourth-order valence-electron chi connectivity index (χ4n) is 1.04. The van der Waals surface area contributed by atoms with Crippen LogP contribution < -0.4 is 0 Å². The number of carboxylic acids is 1. The summed E-state index contributed by atoms with van der Waals surface area (Å²) in [7, 11) is 0. The van der Waals surface area contributed by atoms with Gasteiger partial charge in [-0.05, 0) is 13.3 Å². The average molecular weight is 214 g/mol. The second-order valence-electron chi connectivity index (χ2n) is 3.21. The summed E-state index contributed by atoms with van der Waals surface area (Å²) in [5.41, 5.74) is 0. The fourth-order valence-corrected chi connectivity index (χ4v) is 1.04. The maximum Gasteiger partial charge on any atom is 0.306 e. The van der Waals surface area contributed by atoms with Crippen LogP contribution >= 0.6 is 0 Å². The van der Waals surface area contributed by atoms with E-state index >= 15 is 0 Å². The Bertz CT molecular complexity index is 301.